The van der Waals surface area contributed by atoms with Crippen molar-refractivity contribution in [2.45, 2.75) is 44.9 Å². The van der Waals surface area contributed by atoms with Gasteiger partial charge in [0.05, 0.1) is 0 Å². The molecule has 2 aromatic heterocycles. The van der Waals surface area contributed by atoms with Gasteiger partial charge in [-0.3, -0.25) is 9.69 Å². The van der Waals surface area contributed by atoms with Crippen molar-refractivity contribution in [1.29, 1.82) is 0 Å². The highest BCUT2D eigenvalue weighted by Crippen LogP contribution is 2.24. The van der Waals surface area contributed by atoms with Gasteiger partial charge in [0.2, 0.25) is 5.91 Å². The Kier molecular flexibility index (Phi) is 7.56. The number of likely N-dealkylation sites (tertiary alicyclic amines) is 1. The minimum absolute atomic E-state index is 0.134. The first-order chi connectivity index (χ1) is 19.1. The number of carbonyl (C=O) groups excluding carboxylic acids is 1. The maximum Gasteiger partial charge on any atom is 0.242 e. The van der Waals surface area contributed by atoms with Gasteiger partial charge in [0.1, 0.15) is 30.7 Å². The first kappa shape index (κ1) is 25.5. The maximum absolute atomic E-state index is 12.8. The fourth-order valence-corrected chi connectivity index (χ4v) is 5.60. The third-order valence-corrected chi connectivity index (χ3v) is 7.73. The van der Waals surface area contributed by atoms with Crippen LogP contribution in [0.15, 0.2) is 67.0 Å². The molecule has 1 saturated heterocycles. The monoisotopic (exact) mass is 525 g/mol. The maximum atomic E-state index is 12.8. The summed E-state index contributed by atoms with van der Waals surface area (Å²) in [5, 5.41) is 11.6. The van der Waals surface area contributed by atoms with Crippen LogP contribution in [0.4, 0.5) is 0 Å². The molecule has 202 valence electrons. The van der Waals surface area contributed by atoms with E-state index in [2.05, 4.69) is 34.1 Å². The summed E-state index contributed by atoms with van der Waals surface area (Å²) in [6.07, 6.45) is 7.47. The predicted octanol–water partition coefficient (Wildman–Crippen LogP) is 3.91. The predicted molar refractivity (Wildman–Crippen MR) is 150 cm³/mol. The Labute approximate surface area is 228 Å². The summed E-state index contributed by atoms with van der Waals surface area (Å²) in [5.41, 5.74) is 4.31. The van der Waals surface area contributed by atoms with Crippen LogP contribution in [0.5, 0.6) is 5.75 Å². The molecule has 2 aromatic carbocycles. The Hall–Kier alpha value is -3.75. The van der Waals surface area contributed by atoms with Crippen LogP contribution >= 0.6 is 0 Å². The first-order valence-corrected chi connectivity index (χ1v) is 13.9. The molecule has 0 spiro atoms. The van der Waals surface area contributed by atoms with Gasteiger partial charge in [0, 0.05) is 56.1 Å². The molecule has 39 heavy (non-hydrogen) atoms. The minimum atomic E-state index is -0.591. The summed E-state index contributed by atoms with van der Waals surface area (Å²) >= 11 is 0. The summed E-state index contributed by atoms with van der Waals surface area (Å²) in [6, 6.07) is 18.1. The smallest absolute Gasteiger partial charge is 0.242 e. The number of ether oxygens (including phenoxy) is 1. The number of amides is 1. The molecule has 8 heteroatoms. The van der Waals surface area contributed by atoms with E-state index >= 15 is 0 Å². The van der Waals surface area contributed by atoms with Crippen molar-refractivity contribution in [3.8, 4) is 17.1 Å². The number of benzene rings is 2. The molecular weight excluding hydrogens is 490 g/mol. The molecule has 8 nitrogen and oxygen atoms in total. The lowest BCUT2D eigenvalue weighted by molar-refractivity contribution is -0.132. The Morgan fingerprint density at radius 2 is 1.85 bits per heavy atom. The van der Waals surface area contributed by atoms with Crippen molar-refractivity contribution in [2.75, 3.05) is 32.8 Å². The largest absolute Gasteiger partial charge is 0.491 e. The lowest BCUT2D eigenvalue weighted by Crippen LogP contribution is -2.38. The molecule has 2 aliphatic heterocycles. The average Bonchev–Trinajstić information content (AvgIpc) is 3.38. The molecule has 0 aliphatic carbocycles. The highest BCUT2D eigenvalue weighted by Gasteiger charge is 2.20. The summed E-state index contributed by atoms with van der Waals surface area (Å²) in [6.45, 7) is 4.54. The number of aliphatic hydroxyl groups is 1. The van der Waals surface area contributed by atoms with Gasteiger partial charge in [-0.25, -0.2) is 9.97 Å². The third-order valence-electron chi connectivity index (χ3n) is 7.73. The summed E-state index contributed by atoms with van der Waals surface area (Å²) < 4.78 is 7.88. The molecule has 0 radical (unpaired) electrons. The van der Waals surface area contributed by atoms with Crippen molar-refractivity contribution >= 4 is 16.9 Å². The summed E-state index contributed by atoms with van der Waals surface area (Å²) in [4.78, 5) is 26.4. The van der Waals surface area contributed by atoms with Crippen LogP contribution in [-0.2, 0) is 24.3 Å². The number of hydrogen-bond donors (Lipinski definition) is 1. The van der Waals surface area contributed by atoms with E-state index in [-0.39, 0.29) is 19.1 Å². The van der Waals surface area contributed by atoms with E-state index in [9.17, 15) is 9.90 Å². The van der Waals surface area contributed by atoms with Crippen LogP contribution in [0.25, 0.3) is 22.4 Å². The summed E-state index contributed by atoms with van der Waals surface area (Å²) in [5.74, 6) is 1.37. The lowest BCUT2D eigenvalue weighted by atomic mass is 10.00. The molecule has 4 heterocycles. The Morgan fingerprint density at radius 3 is 2.72 bits per heavy atom. The van der Waals surface area contributed by atoms with Gasteiger partial charge in [-0.15, -0.1) is 0 Å². The fourth-order valence-electron chi connectivity index (χ4n) is 5.60. The zero-order valence-corrected chi connectivity index (χ0v) is 22.2. The Balaban J connectivity index is 1.09. The molecule has 1 N–H and O–H groups in total. The molecule has 1 amide bonds. The SMILES string of the molecule is O=C(Cn1ccc2cnc(-c3cccc(OCC(O)CN4CCc5ccccc5C4)c3)nc21)N1CCCCC1. The topological polar surface area (TPSA) is 83.7 Å². The lowest BCUT2D eigenvalue weighted by Gasteiger charge is -2.30. The highest BCUT2D eigenvalue weighted by atomic mass is 16.5. The number of carbonyl (C=O) groups is 1. The van der Waals surface area contributed by atoms with E-state index in [1.54, 1.807) is 6.20 Å². The number of piperidine rings is 1. The second-order valence-corrected chi connectivity index (χ2v) is 10.6. The van der Waals surface area contributed by atoms with E-state index in [0.29, 0.717) is 18.1 Å². The van der Waals surface area contributed by atoms with E-state index in [1.807, 2.05) is 46.0 Å². The van der Waals surface area contributed by atoms with Crippen molar-refractivity contribution in [3.05, 3.63) is 78.1 Å². The van der Waals surface area contributed by atoms with Crippen molar-refractivity contribution in [1.82, 2.24) is 24.3 Å². The minimum Gasteiger partial charge on any atom is -0.491 e. The quantitative estimate of drug-likeness (QED) is 0.376. The standard InChI is InChI=1S/C31H35N5O3/c37-27(20-34-15-11-23-7-2-3-8-26(23)19-34)22-39-28-10-6-9-24(17-28)30-32-18-25-12-16-36(31(25)33-30)21-29(38)35-13-4-1-5-14-35/h2-3,6-10,12,16-18,27,37H,1,4-5,11,13-15,19-22H2. The van der Waals surface area contributed by atoms with Crippen LogP contribution < -0.4 is 4.74 Å². The zero-order chi connectivity index (χ0) is 26.6. The fraction of sp³-hybridized carbons (Fsp3) is 0.387. The zero-order valence-electron chi connectivity index (χ0n) is 22.2. The van der Waals surface area contributed by atoms with Crippen LogP contribution in [0.2, 0.25) is 0 Å². The van der Waals surface area contributed by atoms with Crippen LogP contribution in [0.1, 0.15) is 30.4 Å². The molecule has 2 aliphatic rings. The molecule has 1 fully saturated rings. The van der Waals surface area contributed by atoms with Gasteiger partial charge in [-0.05, 0) is 55.0 Å². The number of fused-ring (bicyclic) bond motifs is 2. The van der Waals surface area contributed by atoms with Gasteiger partial charge < -0.3 is 19.3 Å². The molecular formula is C31H35N5O3. The number of hydrogen-bond acceptors (Lipinski definition) is 6. The molecule has 0 bridgehead atoms. The van der Waals surface area contributed by atoms with Crippen molar-refractivity contribution in [3.63, 3.8) is 0 Å². The molecule has 1 atom stereocenters. The van der Waals surface area contributed by atoms with E-state index in [0.717, 1.165) is 62.0 Å². The second-order valence-electron chi connectivity index (χ2n) is 10.6. The van der Waals surface area contributed by atoms with Crippen molar-refractivity contribution < 1.29 is 14.6 Å². The average molecular weight is 526 g/mol. The van der Waals surface area contributed by atoms with Gasteiger partial charge in [0.25, 0.3) is 0 Å². The van der Waals surface area contributed by atoms with Crippen LogP contribution in [-0.4, -0.2) is 74.2 Å². The molecule has 6 rings (SSSR count). The van der Waals surface area contributed by atoms with Gasteiger partial charge in [-0.1, -0.05) is 36.4 Å². The van der Waals surface area contributed by atoms with Crippen LogP contribution in [0.3, 0.4) is 0 Å². The van der Waals surface area contributed by atoms with E-state index in [1.165, 1.54) is 17.5 Å². The van der Waals surface area contributed by atoms with E-state index < -0.39 is 6.10 Å². The normalized spacial score (nSPS) is 16.7. The van der Waals surface area contributed by atoms with E-state index in [4.69, 9.17) is 9.72 Å². The number of aromatic nitrogens is 3. The Morgan fingerprint density at radius 1 is 1.00 bits per heavy atom. The highest BCUT2D eigenvalue weighted by molar-refractivity contribution is 5.81. The Bertz CT molecular complexity index is 1450. The first-order valence-electron chi connectivity index (χ1n) is 13.9. The molecule has 4 aromatic rings. The molecule has 1 unspecified atom stereocenters. The third kappa shape index (κ3) is 5.97. The van der Waals surface area contributed by atoms with Crippen molar-refractivity contribution in [2.24, 2.45) is 0 Å². The summed E-state index contributed by atoms with van der Waals surface area (Å²) in [7, 11) is 0. The number of aliphatic hydroxyl groups excluding tert-OH is 1. The van der Waals surface area contributed by atoms with Gasteiger partial charge >= 0.3 is 0 Å². The number of rotatable bonds is 8. The molecule has 0 saturated carbocycles. The van der Waals surface area contributed by atoms with Gasteiger partial charge in [-0.2, -0.15) is 0 Å². The second kappa shape index (κ2) is 11.6. The number of β-amino-alcohol motifs (C(OH)–C–C–N with tert-alkyl or cyclic N) is 1. The number of nitrogens with zero attached hydrogens (tertiary/aromatic N) is 5. The van der Waals surface area contributed by atoms with Gasteiger partial charge in [0.15, 0.2) is 5.82 Å². The van der Waals surface area contributed by atoms with Crippen LogP contribution in [0, 0.1) is 0 Å².